The number of carbonyl (C=O) groups is 1. The third-order valence-electron chi connectivity index (χ3n) is 0.989. The summed E-state index contributed by atoms with van der Waals surface area (Å²) in [5.74, 6) is 0.000880. The topological polar surface area (TPSA) is 32.3 Å². The van der Waals surface area contributed by atoms with Crippen LogP contribution in [0.2, 0.25) is 0 Å². The molecule has 0 atom stereocenters. The Kier molecular flexibility index (Phi) is 4.37. The van der Waals surface area contributed by atoms with Crippen LogP contribution in [0.5, 0.6) is 0 Å². The maximum absolute atomic E-state index is 10.8. The van der Waals surface area contributed by atoms with Gasteiger partial charge in [-0.25, -0.2) is 0 Å². The highest BCUT2D eigenvalue weighted by Gasteiger charge is 1.94. The third kappa shape index (κ3) is 3.95. The summed E-state index contributed by atoms with van der Waals surface area (Å²) >= 11 is 0. The number of likely N-dealkylation sites (N-methyl/N-ethyl adjacent to an activating group) is 1. The Hall–Kier alpha value is -0.990. The van der Waals surface area contributed by atoms with Crippen molar-refractivity contribution in [3.05, 3.63) is 12.3 Å². The summed E-state index contributed by atoms with van der Waals surface area (Å²) in [6.45, 7) is 2.82. The number of hydrogen-bond donors (Lipinski definition) is 1. The third-order valence-corrected chi connectivity index (χ3v) is 0.989. The summed E-state index contributed by atoms with van der Waals surface area (Å²) in [6.07, 6.45) is 3.16. The van der Waals surface area contributed by atoms with Crippen molar-refractivity contribution in [2.24, 2.45) is 0 Å². The second-order valence-electron chi connectivity index (χ2n) is 2.12. The minimum absolute atomic E-state index is 0.000880. The van der Waals surface area contributed by atoms with Crippen molar-refractivity contribution in [1.82, 2.24) is 10.2 Å². The molecule has 0 unspecified atom stereocenters. The predicted molar refractivity (Wildman–Crippen MR) is 41.5 cm³/mol. The van der Waals surface area contributed by atoms with E-state index in [1.165, 1.54) is 11.0 Å². The Morgan fingerprint density at radius 3 is 2.60 bits per heavy atom. The lowest BCUT2D eigenvalue weighted by Crippen LogP contribution is -2.19. The van der Waals surface area contributed by atoms with Gasteiger partial charge in [0.25, 0.3) is 0 Å². The molecule has 3 nitrogen and oxygen atoms in total. The van der Waals surface area contributed by atoms with Crippen LogP contribution in [0.3, 0.4) is 0 Å². The molecule has 0 radical (unpaired) electrons. The van der Waals surface area contributed by atoms with Crippen LogP contribution < -0.4 is 5.32 Å². The van der Waals surface area contributed by atoms with Gasteiger partial charge in [0.15, 0.2) is 0 Å². The molecule has 0 aliphatic heterocycles. The van der Waals surface area contributed by atoms with E-state index >= 15 is 0 Å². The molecule has 0 aliphatic carbocycles. The second kappa shape index (κ2) is 4.85. The smallest absolute Gasteiger partial charge is 0.247 e. The lowest BCUT2D eigenvalue weighted by Gasteiger charge is -2.04. The molecule has 0 aromatic carbocycles. The Labute approximate surface area is 61.7 Å². The summed E-state index contributed by atoms with van der Waals surface area (Å²) in [5.41, 5.74) is 0. The first-order chi connectivity index (χ1) is 4.68. The predicted octanol–water partition coefficient (Wildman–Crippen LogP) is 0.198. The molecular formula is C7H14N2O. The van der Waals surface area contributed by atoms with E-state index < -0.39 is 0 Å². The molecule has 0 aliphatic rings. The highest BCUT2D eigenvalue weighted by atomic mass is 16.2. The van der Waals surface area contributed by atoms with Crippen LogP contribution in [-0.2, 0) is 4.79 Å². The normalized spacial score (nSPS) is 9.90. The van der Waals surface area contributed by atoms with Gasteiger partial charge >= 0.3 is 0 Å². The fourth-order valence-corrected chi connectivity index (χ4v) is 0.397. The largest absolute Gasteiger partial charge is 0.391 e. The Bertz CT molecular complexity index is 130. The molecule has 1 amide bonds. The first-order valence-corrected chi connectivity index (χ1v) is 3.29. The summed E-state index contributed by atoms with van der Waals surface area (Å²) in [7, 11) is 3.44. The van der Waals surface area contributed by atoms with Crippen LogP contribution in [0.4, 0.5) is 0 Å². The molecule has 0 saturated carbocycles. The van der Waals surface area contributed by atoms with Crippen LogP contribution >= 0.6 is 0 Å². The van der Waals surface area contributed by atoms with Crippen LogP contribution in [-0.4, -0.2) is 31.4 Å². The number of carbonyl (C=O) groups excluding carboxylic acids is 1. The summed E-state index contributed by atoms with van der Waals surface area (Å²) in [4.78, 5) is 12.3. The lowest BCUT2D eigenvalue weighted by atomic mass is 10.5. The van der Waals surface area contributed by atoms with E-state index in [4.69, 9.17) is 0 Å². The Morgan fingerprint density at radius 1 is 1.60 bits per heavy atom. The van der Waals surface area contributed by atoms with Gasteiger partial charge in [-0.05, 0) is 6.92 Å². The average molecular weight is 142 g/mol. The van der Waals surface area contributed by atoms with Gasteiger partial charge in [0.05, 0.1) is 0 Å². The van der Waals surface area contributed by atoms with Gasteiger partial charge in [0.1, 0.15) is 0 Å². The van der Waals surface area contributed by atoms with E-state index in [0.717, 1.165) is 6.54 Å². The molecule has 10 heavy (non-hydrogen) atoms. The molecule has 0 spiro atoms. The zero-order valence-corrected chi connectivity index (χ0v) is 6.72. The first kappa shape index (κ1) is 9.01. The lowest BCUT2D eigenvalue weighted by molar-refractivity contribution is -0.123. The number of nitrogens with zero attached hydrogens (tertiary/aromatic N) is 1. The fourth-order valence-electron chi connectivity index (χ4n) is 0.397. The summed E-state index contributed by atoms with van der Waals surface area (Å²) in [6, 6.07) is 0. The van der Waals surface area contributed by atoms with Crippen LogP contribution in [0.1, 0.15) is 6.92 Å². The van der Waals surface area contributed by atoms with Gasteiger partial charge in [-0.15, -0.1) is 0 Å². The van der Waals surface area contributed by atoms with Crippen molar-refractivity contribution >= 4 is 5.91 Å². The summed E-state index contributed by atoms with van der Waals surface area (Å²) < 4.78 is 0. The molecule has 0 saturated heterocycles. The van der Waals surface area contributed by atoms with Gasteiger partial charge in [0, 0.05) is 32.9 Å². The zero-order valence-electron chi connectivity index (χ0n) is 6.72. The molecule has 3 heteroatoms. The van der Waals surface area contributed by atoms with Crippen molar-refractivity contribution in [3.8, 4) is 0 Å². The molecular weight excluding hydrogens is 128 g/mol. The standard InChI is InChI=1S/C7H14N2O/c1-4-8-6-5-7(10)9(2)3/h5-6,8H,4H2,1-3H3/b6-5-. The van der Waals surface area contributed by atoms with Gasteiger partial charge in [0.2, 0.25) is 5.91 Å². The number of hydrogen-bond acceptors (Lipinski definition) is 2. The minimum atomic E-state index is 0.000880. The fraction of sp³-hybridized carbons (Fsp3) is 0.571. The Morgan fingerprint density at radius 2 is 2.20 bits per heavy atom. The van der Waals surface area contributed by atoms with E-state index in [9.17, 15) is 4.79 Å². The van der Waals surface area contributed by atoms with Crippen molar-refractivity contribution < 1.29 is 4.79 Å². The molecule has 0 heterocycles. The molecule has 0 bridgehead atoms. The molecule has 0 aromatic heterocycles. The van der Waals surface area contributed by atoms with E-state index in [2.05, 4.69) is 5.32 Å². The highest BCUT2D eigenvalue weighted by molar-refractivity contribution is 5.86. The molecule has 1 N–H and O–H groups in total. The van der Waals surface area contributed by atoms with Crippen molar-refractivity contribution in [2.75, 3.05) is 20.6 Å². The minimum Gasteiger partial charge on any atom is -0.391 e. The van der Waals surface area contributed by atoms with Gasteiger partial charge < -0.3 is 10.2 Å². The van der Waals surface area contributed by atoms with Gasteiger partial charge in [-0.1, -0.05) is 0 Å². The SMILES string of the molecule is CCN/C=C\C(=O)N(C)C. The van der Waals surface area contributed by atoms with Gasteiger partial charge in [-0.2, -0.15) is 0 Å². The number of rotatable bonds is 3. The molecule has 58 valence electrons. The quantitative estimate of drug-likeness (QED) is 0.571. The van der Waals surface area contributed by atoms with Crippen LogP contribution in [0.15, 0.2) is 12.3 Å². The maximum Gasteiger partial charge on any atom is 0.247 e. The average Bonchev–Trinajstić information content (AvgIpc) is 1.88. The van der Waals surface area contributed by atoms with E-state index in [0.29, 0.717) is 0 Å². The van der Waals surface area contributed by atoms with Crippen LogP contribution in [0, 0.1) is 0 Å². The van der Waals surface area contributed by atoms with Crippen molar-refractivity contribution in [2.45, 2.75) is 6.92 Å². The summed E-state index contributed by atoms with van der Waals surface area (Å²) in [5, 5.41) is 2.91. The van der Waals surface area contributed by atoms with E-state index in [1.807, 2.05) is 6.92 Å². The molecule has 0 fully saturated rings. The molecule has 0 aromatic rings. The highest BCUT2D eigenvalue weighted by Crippen LogP contribution is 1.78. The second-order valence-corrected chi connectivity index (χ2v) is 2.12. The number of amides is 1. The monoisotopic (exact) mass is 142 g/mol. The zero-order chi connectivity index (χ0) is 7.98. The van der Waals surface area contributed by atoms with Gasteiger partial charge in [-0.3, -0.25) is 4.79 Å². The first-order valence-electron chi connectivity index (χ1n) is 3.29. The van der Waals surface area contributed by atoms with Crippen molar-refractivity contribution in [3.63, 3.8) is 0 Å². The van der Waals surface area contributed by atoms with E-state index in [-0.39, 0.29) is 5.91 Å². The van der Waals surface area contributed by atoms with E-state index in [1.54, 1.807) is 20.3 Å². The Balaban J connectivity index is 3.56. The number of nitrogens with one attached hydrogen (secondary N) is 1. The van der Waals surface area contributed by atoms with Crippen molar-refractivity contribution in [1.29, 1.82) is 0 Å². The van der Waals surface area contributed by atoms with Crippen LogP contribution in [0.25, 0.3) is 0 Å². The molecule has 0 rings (SSSR count). The maximum atomic E-state index is 10.8.